The van der Waals surface area contributed by atoms with Crippen LogP contribution < -0.4 is 10.6 Å². The highest BCUT2D eigenvalue weighted by atomic mass is 35.5. The van der Waals surface area contributed by atoms with Gasteiger partial charge in [-0.3, -0.25) is 14.5 Å². The largest absolute Gasteiger partial charge is 0.325 e. The lowest BCUT2D eigenvalue weighted by Crippen LogP contribution is -2.41. The molecule has 2 aliphatic rings. The molecule has 2 heterocycles. The lowest BCUT2D eigenvalue weighted by atomic mass is 9.84. The molecular weight excluding hydrogens is 544 g/mol. The summed E-state index contributed by atoms with van der Waals surface area (Å²) in [5, 5.41) is 6.59. The summed E-state index contributed by atoms with van der Waals surface area (Å²) in [5.41, 5.74) is 0.735. The van der Waals surface area contributed by atoms with Crippen molar-refractivity contribution in [2.75, 3.05) is 43.9 Å². The second kappa shape index (κ2) is 14.4. The molecule has 0 unspecified atom stereocenters. The number of likely N-dealkylation sites (N-methyl/N-ethyl adjacent to an activating group) is 1. The fourth-order valence-electron chi connectivity index (χ4n) is 4.82. The molecule has 7 nitrogen and oxygen atoms in total. The molecule has 198 valence electrons. The van der Waals surface area contributed by atoms with Gasteiger partial charge in [0.25, 0.3) is 5.91 Å². The SMILES string of the molecule is CN1CCCN(C2CCC(C(=O)Nc3ccc(Cl)cc3C(=O)Nc3ccc(Cl)cn3)CC2)CC1.Cl.Cl. The van der Waals surface area contributed by atoms with Crippen LogP contribution in [0.1, 0.15) is 42.5 Å². The highest BCUT2D eigenvalue weighted by molar-refractivity contribution is 6.31. The Morgan fingerprint density at radius 1 is 0.917 bits per heavy atom. The summed E-state index contributed by atoms with van der Waals surface area (Å²) in [4.78, 5) is 35.1. The highest BCUT2D eigenvalue weighted by Gasteiger charge is 2.30. The van der Waals surface area contributed by atoms with Gasteiger partial charge in [0, 0.05) is 36.3 Å². The van der Waals surface area contributed by atoms with Gasteiger partial charge in [0.15, 0.2) is 0 Å². The van der Waals surface area contributed by atoms with Crippen LogP contribution in [0.4, 0.5) is 11.5 Å². The van der Waals surface area contributed by atoms with Crippen LogP contribution in [0.2, 0.25) is 10.0 Å². The molecule has 0 bridgehead atoms. The van der Waals surface area contributed by atoms with Crippen LogP contribution in [-0.4, -0.2) is 65.9 Å². The molecule has 1 saturated carbocycles. The fourth-order valence-corrected chi connectivity index (χ4v) is 5.10. The number of pyridine rings is 1. The molecule has 2 aromatic rings. The van der Waals surface area contributed by atoms with Crippen molar-refractivity contribution in [3.05, 3.63) is 52.1 Å². The number of rotatable bonds is 5. The van der Waals surface area contributed by atoms with Gasteiger partial charge in [0.05, 0.1) is 16.3 Å². The summed E-state index contributed by atoms with van der Waals surface area (Å²) >= 11 is 12.0. The van der Waals surface area contributed by atoms with Crippen LogP contribution in [0.3, 0.4) is 0 Å². The second-order valence-electron chi connectivity index (χ2n) is 9.19. The molecule has 2 amide bonds. The Labute approximate surface area is 235 Å². The lowest BCUT2D eigenvalue weighted by Gasteiger charge is -2.36. The Hall–Kier alpha value is -1.61. The first kappa shape index (κ1) is 30.6. The van der Waals surface area contributed by atoms with Gasteiger partial charge in [-0.15, -0.1) is 24.8 Å². The van der Waals surface area contributed by atoms with Crippen LogP contribution >= 0.6 is 48.0 Å². The molecule has 1 aromatic heterocycles. The number of hydrogen-bond acceptors (Lipinski definition) is 5. The van der Waals surface area contributed by atoms with E-state index in [9.17, 15) is 9.59 Å². The van der Waals surface area contributed by atoms with E-state index in [1.165, 1.54) is 12.6 Å². The van der Waals surface area contributed by atoms with Gasteiger partial charge in [-0.2, -0.15) is 0 Å². The van der Waals surface area contributed by atoms with Crippen LogP contribution in [-0.2, 0) is 4.79 Å². The Balaban J connectivity index is 0.00000228. The maximum atomic E-state index is 13.1. The first-order valence-electron chi connectivity index (χ1n) is 11.8. The molecule has 1 aliphatic carbocycles. The number of amides is 2. The third-order valence-corrected chi connectivity index (χ3v) is 7.25. The minimum absolute atomic E-state index is 0. The maximum absolute atomic E-state index is 13.1. The van der Waals surface area contributed by atoms with E-state index in [0.29, 0.717) is 33.2 Å². The molecule has 1 saturated heterocycles. The molecular formula is C25H33Cl4N5O2. The van der Waals surface area contributed by atoms with Crippen LogP contribution in [0.5, 0.6) is 0 Å². The third-order valence-electron chi connectivity index (χ3n) is 6.79. The van der Waals surface area contributed by atoms with Crippen molar-refractivity contribution < 1.29 is 9.59 Å². The molecule has 36 heavy (non-hydrogen) atoms. The van der Waals surface area contributed by atoms with E-state index < -0.39 is 5.91 Å². The van der Waals surface area contributed by atoms with Gasteiger partial charge in [-0.05, 0) is 82.6 Å². The Kier molecular flexibility index (Phi) is 12.2. The van der Waals surface area contributed by atoms with E-state index in [-0.39, 0.29) is 36.6 Å². The van der Waals surface area contributed by atoms with Crippen LogP contribution in [0, 0.1) is 5.92 Å². The normalized spacial score (nSPS) is 20.9. The Morgan fingerprint density at radius 2 is 1.64 bits per heavy atom. The smallest absolute Gasteiger partial charge is 0.258 e. The molecule has 2 N–H and O–H groups in total. The number of anilines is 2. The van der Waals surface area contributed by atoms with E-state index in [1.54, 1.807) is 30.3 Å². The quantitative estimate of drug-likeness (QED) is 0.483. The highest BCUT2D eigenvalue weighted by Crippen LogP contribution is 2.30. The van der Waals surface area contributed by atoms with Crippen molar-refractivity contribution in [1.82, 2.24) is 14.8 Å². The zero-order valence-corrected chi connectivity index (χ0v) is 23.4. The Bertz CT molecular complexity index is 1020. The second-order valence-corrected chi connectivity index (χ2v) is 10.1. The Morgan fingerprint density at radius 3 is 2.33 bits per heavy atom. The van der Waals surface area contributed by atoms with Gasteiger partial charge in [-0.25, -0.2) is 4.98 Å². The first-order valence-corrected chi connectivity index (χ1v) is 12.6. The zero-order chi connectivity index (χ0) is 24.1. The molecule has 1 aliphatic heterocycles. The van der Waals surface area contributed by atoms with Crippen molar-refractivity contribution in [3.8, 4) is 0 Å². The zero-order valence-electron chi connectivity index (χ0n) is 20.2. The third kappa shape index (κ3) is 8.20. The summed E-state index contributed by atoms with van der Waals surface area (Å²) < 4.78 is 0. The van der Waals surface area contributed by atoms with Crippen molar-refractivity contribution >= 4 is 71.3 Å². The minimum atomic E-state index is -0.400. The van der Waals surface area contributed by atoms with Crippen molar-refractivity contribution in [2.24, 2.45) is 5.92 Å². The number of nitrogens with one attached hydrogen (secondary N) is 2. The number of carbonyl (C=O) groups excluding carboxylic acids is 2. The van der Waals surface area contributed by atoms with E-state index in [1.807, 2.05) is 0 Å². The van der Waals surface area contributed by atoms with Crippen molar-refractivity contribution in [2.45, 2.75) is 38.1 Å². The molecule has 0 radical (unpaired) electrons. The van der Waals surface area contributed by atoms with E-state index in [0.717, 1.165) is 51.9 Å². The van der Waals surface area contributed by atoms with Gasteiger partial charge >= 0.3 is 0 Å². The van der Waals surface area contributed by atoms with Gasteiger partial charge in [0.2, 0.25) is 5.91 Å². The number of aromatic nitrogens is 1. The molecule has 0 spiro atoms. The number of hydrogen-bond donors (Lipinski definition) is 2. The van der Waals surface area contributed by atoms with Crippen LogP contribution in [0.15, 0.2) is 36.5 Å². The first-order chi connectivity index (χ1) is 16.4. The average Bonchev–Trinajstić information content (AvgIpc) is 3.06. The van der Waals surface area contributed by atoms with E-state index in [4.69, 9.17) is 23.2 Å². The maximum Gasteiger partial charge on any atom is 0.258 e. The molecule has 11 heteroatoms. The van der Waals surface area contributed by atoms with Crippen LogP contribution in [0.25, 0.3) is 0 Å². The van der Waals surface area contributed by atoms with E-state index in [2.05, 4.69) is 32.5 Å². The molecule has 0 atom stereocenters. The summed E-state index contributed by atoms with van der Waals surface area (Å²) in [7, 11) is 2.18. The van der Waals surface area contributed by atoms with E-state index >= 15 is 0 Å². The lowest BCUT2D eigenvalue weighted by molar-refractivity contribution is -0.121. The number of carbonyl (C=O) groups is 2. The molecule has 1 aromatic carbocycles. The predicted octanol–water partition coefficient (Wildman–Crippen LogP) is 5.62. The average molecular weight is 577 g/mol. The van der Waals surface area contributed by atoms with Gasteiger partial charge < -0.3 is 15.5 Å². The van der Waals surface area contributed by atoms with Gasteiger partial charge in [-0.1, -0.05) is 23.2 Å². The monoisotopic (exact) mass is 575 g/mol. The summed E-state index contributed by atoms with van der Waals surface area (Å²) in [6, 6.07) is 8.70. The fraction of sp³-hybridized carbons (Fsp3) is 0.480. The summed E-state index contributed by atoms with van der Waals surface area (Å²) in [6.07, 6.45) is 6.41. The summed E-state index contributed by atoms with van der Waals surface area (Å²) in [6.45, 7) is 4.49. The number of nitrogens with zero attached hydrogens (tertiary/aromatic N) is 3. The topological polar surface area (TPSA) is 77.6 Å². The van der Waals surface area contributed by atoms with Gasteiger partial charge in [0.1, 0.15) is 5.82 Å². The summed E-state index contributed by atoms with van der Waals surface area (Å²) in [5.74, 6) is -0.141. The number of benzene rings is 1. The standard InChI is InChI=1S/C25H31Cl2N5O2.2ClH/c1-31-11-2-12-32(14-13-31)20-7-3-17(4-8-20)24(33)29-22-9-5-18(26)15-21(22)25(34)30-23-10-6-19(27)16-28-23;;/h5-6,9-10,15-17,20H,2-4,7-8,11-14H2,1H3,(H,29,33)(H,28,30,34);2*1H. The van der Waals surface area contributed by atoms with Crippen molar-refractivity contribution in [1.29, 1.82) is 0 Å². The predicted molar refractivity (Wildman–Crippen MR) is 151 cm³/mol. The molecule has 4 rings (SSSR count). The molecule has 2 fully saturated rings. The number of halogens is 4. The van der Waals surface area contributed by atoms with Crippen molar-refractivity contribution in [3.63, 3.8) is 0 Å². The minimum Gasteiger partial charge on any atom is -0.325 e.